The van der Waals surface area contributed by atoms with Gasteiger partial charge in [0.1, 0.15) is 17.6 Å². The van der Waals surface area contributed by atoms with E-state index in [4.69, 9.17) is 23.9 Å². The van der Waals surface area contributed by atoms with Crippen LogP contribution in [0.5, 0.6) is 11.5 Å². The van der Waals surface area contributed by atoms with Gasteiger partial charge in [0, 0.05) is 32.7 Å². The van der Waals surface area contributed by atoms with Gasteiger partial charge in [-0.2, -0.15) is 0 Å². The molecule has 2 saturated heterocycles. The van der Waals surface area contributed by atoms with Crippen molar-refractivity contribution in [3.05, 3.63) is 77.9 Å². The van der Waals surface area contributed by atoms with E-state index in [1.807, 2.05) is 48.5 Å². The maximum absolute atomic E-state index is 12.6. The molecule has 4 aromatic rings. The van der Waals surface area contributed by atoms with Gasteiger partial charge in [0.2, 0.25) is 0 Å². The Kier molecular flexibility index (Phi) is 9.14. The summed E-state index contributed by atoms with van der Waals surface area (Å²) in [6, 6.07) is 22.0. The maximum Gasteiger partial charge on any atom is 0.407 e. The highest BCUT2D eigenvalue weighted by Crippen LogP contribution is 2.36. The zero-order valence-corrected chi connectivity index (χ0v) is 27.1. The molecule has 47 heavy (non-hydrogen) atoms. The lowest BCUT2D eigenvalue weighted by atomic mass is 9.87. The molecule has 2 atom stereocenters. The van der Waals surface area contributed by atoms with Crippen molar-refractivity contribution in [1.29, 1.82) is 0 Å². The van der Waals surface area contributed by atoms with Gasteiger partial charge in [-0.3, -0.25) is 4.79 Å². The number of rotatable bonds is 11. The van der Waals surface area contributed by atoms with Gasteiger partial charge in [0.05, 0.1) is 48.2 Å². The van der Waals surface area contributed by atoms with Crippen molar-refractivity contribution in [3.8, 4) is 11.5 Å². The highest BCUT2D eigenvalue weighted by Gasteiger charge is 2.34. The first-order valence-electron chi connectivity index (χ1n) is 16.0. The molecule has 2 unspecified atom stereocenters. The molecule has 0 aliphatic carbocycles. The first-order valence-corrected chi connectivity index (χ1v) is 16.8. The third kappa shape index (κ3) is 6.85. The highest BCUT2D eigenvalue weighted by molar-refractivity contribution is 7.22. The van der Waals surface area contributed by atoms with Crippen molar-refractivity contribution in [2.75, 3.05) is 62.8 Å². The number of thiazole rings is 1. The van der Waals surface area contributed by atoms with Crippen molar-refractivity contribution in [3.63, 3.8) is 0 Å². The van der Waals surface area contributed by atoms with Crippen LogP contribution in [0.15, 0.2) is 66.7 Å². The van der Waals surface area contributed by atoms with Crippen LogP contribution in [0.25, 0.3) is 10.2 Å². The van der Waals surface area contributed by atoms with E-state index in [9.17, 15) is 14.7 Å². The number of para-hydroxylation sites is 1. The topological polar surface area (TPSA) is 114 Å². The number of methoxy groups -OCH3 is 1. The molecule has 246 valence electrons. The Morgan fingerprint density at radius 2 is 1.91 bits per heavy atom. The zero-order chi connectivity index (χ0) is 32.3. The van der Waals surface area contributed by atoms with Gasteiger partial charge < -0.3 is 38.8 Å². The van der Waals surface area contributed by atoms with Crippen LogP contribution in [-0.4, -0.2) is 92.2 Å². The lowest BCUT2D eigenvalue weighted by molar-refractivity contribution is -0.121. The Balaban J connectivity index is 0.988. The van der Waals surface area contributed by atoms with E-state index in [0.29, 0.717) is 38.3 Å². The highest BCUT2D eigenvalue weighted by atomic mass is 32.1. The first kappa shape index (κ1) is 31.2. The van der Waals surface area contributed by atoms with Crippen LogP contribution in [0, 0.1) is 0 Å². The fourth-order valence-electron chi connectivity index (χ4n) is 6.44. The molecule has 11 nitrogen and oxygen atoms in total. The fraction of sp³-hybridized carbons (Fsp3) is 0.400. The minimum absolute atomic E-state index is 0.0116. The lowest BCUT2D eigenvalue weighted by Crippen LogP contribution is -2.54. The summed E-state index contributed by atoms with van der Waals surface area (Å²) in [7, 11) is 1.64. The average molecular weight is 659 g/mol. The van der Waals surface area contributed by atoms with Gasteiger partial charge in [0.15, 0.2) is 11.7 Å². The summed E-state index contributed by atoms with van der Waals surface area (Å²) in [6.07, 6.45) is 0.168. The third-order valence-electron chi connectivity index (χ3n) is 9.00. The average Bonchev–Trinajstić information content (AvgIpc) is 3.50. The lowest BCUT2D eigenvalue weighted by Gasteiger charge is -2.39. The molecular formula is C35H38N4O7S. The molecule has 0 radical (unpaired) electrons. The van der Waals surface area contributed by atoms with E-state index in [-0.39, 0.29) is 43.8 Å². The predicted octanol–water partition coefficient (Wildman–Crippen LogP) is 5.38. The van der Waals surface area contributed by atoms with E-state index in [1.54, 1.807) is 23.3 Å². The number of anilines is 2. The van der Waals surface area contributed by atoms with Crippen LogP contribution < -0.4 is 19.3 Å². The first-order chi connectivity index (χ1) is 22.9. The fourth-order valence-corrected chi connectivity index (χ4v) is 7.43. The van der Waals surface area contributed by atoms with Gasteiger partial charge in [-0.25, -0.2) is 9.78 Å². The number of carbonyl (C=O) groups excluding carboxylic acids is 1. The number of hydrogen-bond acceptors (Lipinski definition) is 9. The monoisotopic (exact) mass is 658 g/mol. The van der Waals surface area contributed by atoms with Crippen molar-refractivity contribution in [1.82, 2.24) is 9.88 Å². The summed E-state index contributed by atoms with van der Waals surface area (Å²) < 4.78 is 24.7. The molecule has 3 aromatic carbocycles. The number of carboxylic acid groups (broad SMARTS) is 1. The van der Waals surface area contributed by atoms with Crippen LogP contribution in [0.4, 0.5) is 15.6 Å². The van der Waals surface area contributed by atoms with Gasteiger partial charge in [-0.15, -0.1) is 0 Å². The summed E-state index contributed by atoms with van der Waals surface area (Å²) in [5.74, 6) is 1.40. The Morgan fingerprint density at radius 1 is 1.09 bits per heavy atom. The summed E-state index contributed by atoms with van der Waals surface area (Å²) in [5.41, 5.74) is 3.72. The largest absolute Gasteiger partial charge is 0.487 e. The van der Waals surface area contributed by atoms with E-state index in [2.05, 4.69) is 23.1 Å². The van der Waals surface area contributed by atoms with Crippen LogP contribution in [0.2, 0.25) is 0 Å². The molecule has 2 fully saturated rings. The van der Waals surface area contributed by atoms with Crippen molar-refractivity contribution in [2.45, 2.75) is 37.6 Å². The molecule has 0 spiro atoms. The van der Waals surface area contributed by atoms with E-state index in [1.165, 1.54) is 9.60 Å². The Labute approximate surface area is 277 Å². The molecule has 0 saturated carbocycles. The van der Waals surface area contributed by atoms with E-state index >= 15 is 0 Å². The maximum atomic E-state index is 12.6. The number of likely N-dealkylation sites (tertiary alicyclic amines) is 1. The van der Waals surface area contributed by atoms with Crippen molar-refractivity contribution in [2.24, 2.45) is 0 Å². The summed E-state index contributed by atoms with van der Waals surface area (Å²) >= 11 is 1.70. The number of amides is 2. The molecule has 12 heteroatoms. The van der Waals surface area contributed by atoms with Crippen LogP contribution in [-0.2, 0) is 20.9 Å². The molecule has 0 bridgehead atoms. The second-order valence-electron chi connectivity index (χ2n) is 12.1. The third-order valence-corrected chi connectivity index (χ3v) is 10.1. The van der Waals surface area contributed by atoms with E-state index in [0.717, 1.165) is 46.3 Å². The number of hydrogen-bond donors (Lipinski definition) is 1. The molecular weight excluding hydrogens is 620 g/mol. The predicted molar refractivity (Wildman–Crippen MR) is 179 cm³/mol. The SMILES string of the molecule is COCCCN1C(=O)COc2ccc(COC3CN(C(=O)O)CCC3c3ccc(OC4CN(c5nc6ccccc6s5)C4)cc3)cc21. The Bertz CT molecular complexity index is 1690. The molecule has 4 heterocycles. The van der Waals surface area contributed by atoms with Gasteiger partial charge >= 0.3 is 6.09 Å². The number of aromatic nitrogens is 1. The van der Waals surface area contributed by atoms with Gasteiger partial charge in [-0.05, 0) is 60.4 Å². The standard InChI is InChI=1S/C35H38N4O7S/c1-43-16-4-14-39-29-17-23(7-12-30(29)45-22-33(39)40)21-44-31-20-37(35(41)42)15-13-27(31)24-8-10-25(11-9-24)46-26-18-38(19-26)34-36-28-5-2-3-6-32(28)47-34/h2-3,5-12,17,26-27,31H,4,13-16,18-22H2,1H3,(H,41,42). The number of nitrogens with zero attached hydrogens (tertiary/aromatic N) is 4. The van der Waals surface area contributed by atoms with Gasteiger partial charge in [-0.1, -0.05) is 41.7 Å². The van der Waals surface area contributed by atoms with Crippen molar-refractivity contribution >= 4 is 44.4 Å². The molecule has 1 N–H and O–H groups in total. The minimum Gasteiger partial charge on any atom is -0.487 e. The summed E-state index contributed by atoms with van der Waals surface area (Å²) in [4.78, 5) is 34.7. The summed E-state index contributed by atoms with van der Waals surface area (Å²) in [6.45, 7) is 3.68. The van der Waals surface area contributed by atoms with E-state index < -0.39 is 6.09 Å². The number of benzene rings is 3. The number of ether oxygens (including phenoxy) is 4. The quantitative estimate of drug-likeness (QED) is 0.212. The molecule has 3 aliphatic heterocycles. The normalized spacial score (nSPS) is 19.8. The second-order valence-corrected chi connectivity index (χ2v) is 13.1. The number of carbonyl (C=O) groups is 2. The van der Waals surface area contributed by atoms with Crippen LogP contribution in [0.3, 0.4) is 0 Å². The second kappa shape index (κ2) is 13.8. The van der Waals surface area contributed by atoms with Crippen molar-refractivity contribution < 1.29 is 33.6 Å². The smallest absolute Gasteiger partial charge is 0.407 e. The number of fused-ring (bicyclic) bond motifs is 2. The Hall–Kier alpha value is -4.39. The molecule has 7 rings (SSSR count). The minimum atomic E-state index is -0.947. The van der Waals surface area contributed by atoms with Gasteiger partial charge in [0.25, 0.3) is 5.91 Å². The summed E-state index contributed by atoms with van der Waals surface area (Å²) in [5, 5.41) is 10.8. The van der Waals surface area contributed by atoms with Crippen LogP contribution >= 0.6 is 11.3 Å². The number of piperidine rings is 1. The molecule has 3 aliphatic rings. The molecule has 2 amide bonds. The zero-order valence-electron chi connectivity index (χ0n) is 26.2. The van der Waals surface area contributed by atoms with Crippen LogP contribution in [0.1, 0.15) is 29.9 Å². The Morgan fingerprint density at radius 3 is 2.70 bits per heavy atom. The molecule has 1 aromatic heterocycles.